The molecule has 3 rings (SSSR count). The van der Waals surface area contributed by atoms with Crippen LogP contribution in [-0.2, 0) is 4.79 Å². The highest BCUT2D eigenvalue weighted by atomic mass is 35.5. The second kappa shape index (κ2) is 12.3. The zero-order chi connectivity index (χ0) is 17.5. The first-order valence-electron chi connectivity index (χ1n) is 9.33. The Morgan fingerprint density at radius 3 is 2.30 bits per heavy atom. The third-order valence-corrected chi connectivity index (χ3v) is 5.25. The summed E-state index contributed by atoms with van der Waals surface area (Å²) in [7, 11) is 0. The zero-order valence-electron chi connectivity index (χ0n) is 15.6. The Morgan fingerprint density at radius 1 is 1.07 bits per heavy atom. The van der Waals surface area contributed by atoms with E-state index in [9.17, 15) is 4.79 Å². The number of rotatable bonds is 7. The lowest BCUT2D eigenvalue weighted by Gasteiger charge is -2.37. The Hall–Kier alpha value is -1.21. The zero-order valence-corrected chi connectivity index (χ0v) is 17.3. The summed E-state index contributed by atoms with van der Waals surface area (Å²) in [4.78, 5) is 15.5. The number of piperazine rings is 1. The van der Waals surface area contributed by atoms with Gasteiger partial charge in [-0.15, -0.1) is 24.8 Å². The van der Waals surface area contributed by atoms with Crippen LogP contribution < -0.4 is 15.0 Å². The number of halogens is 2. The lowest BCUT2D eigenvalue weighted by molar-refractivity contribution is -0.139. The standard InChI is InChI=1S/C19H29N3O3.2ClH/c23-19(24)15-25-18-3-1-17(2-4-18)22-13-11-21(12-14-22)10-7-16-5-8-20-9-6-16;;/h1-4,16,20H,5-15H2,(H,23,24);2*1H. The minimum atomic E-state index is -0.954. The van der Waals surface area contributed by atoms with Gasteiger partial charge in [0.1, 0.15) is 5.75 Å². The molecule has 0 bridgehead atoms. The molecule has 154 valence electrons. The molecule has 1 aromatic carbocycles. The van der Waals surface area contributed by atoms with Crippen LogP contribution in [0.1, 0.15) is 19.3 Å². The van der Waals surface area contributed by atoms with E-state index in [-0.39, 0.29) is 31.4 Å². The van der Waals surface area contributed by atoms with Crippen molar-refractivity contribution >= 4 is 36.5 Å². The van der Waals surface area contributed by atoms with Crippen LogP contribution in [0.5, 0.6) is 5.75 Å². The van der Waals surface area contributed by atoms with Gasteiger partial charge in [-0.1, -0.05) is 0 Å². The lowest BCUT2D eigenvalue weighted by Crippen LogP contribution is -2.47. The quantitative estimate of drug-likeness (QED) is 0.707. The number of hydrogen-bond acceptors (Lipinski definition) is 5. The highest BCUT2D eigenvalue weighted by Crippen LogP contribution is 2.22. The van der Waals surface area contributed by atoms with Gasteiger partial charge in [0.2, 0.25) is 0 Å². The van der Waals surface area contributed by atoms with Crippen molar-refractivity contribution in [1.29, 1.82) is 0 Å². The van der Waals surface area contributed by atoms with Gasteiger partial charge in [-0.2, -0.15) is 0 Å². The molecule has 0 aromatic heterocycles. The number of benzene rings is 1. The van der Waals surface area contributed by atoms with Crippen molar-refractivity contribution in [3.05, 3.63) is 24.3 Å². The Balaban J connectivity index is 0.00000182. The SMILES string of the molecule is Cl.Cl.O=C(O)COc1ccc(N2CCN(CCC3CCNCC3)CC2)cc1. The molecule has 0 amide bonds. The van der Waals surface area contributed by atoms with Gasteiger partial charge in [0.05, 0.1) is 0 Å². The first kappa shape index (κ1) is 23.8. The number of aliphatic carboxylic acids is 1. The van der Waals surface area contributed by atoms with Crippen LogP contribution in [0.4, 0.5) is 5.69 Å². The number of hydrogen-bond donors (Lipinski definition) is 2. The third kappa shape index (κ3) is 7.74. The van der Waals surface area contributed by atoms with Crippen LogP contribution in [-0.4, -0.2) is 68.4 Å². The molecule has 27 heavy (non-hydrogen) atoms. The Morgan fingerprint density at radius 2 is 1.70 bits per heavy atom. The third-order valence-electron chi connectivity index (χ3n) is 5.25. The van der Waals surface area contributed by atoms with E-state index in [0.29, 0.717) is 5.75 Å². The van der Waals surface area contributed by atoms with Gasteiger partial charge in [-0.25, -0.2) is 4.79 Å². The molecular formula is C19H31Cl2N3O3. The fourth-order valence-corrected chi connectivity index (χ4v) is 3.66. The van der Waals surface area contributed by atoms with E-state index >= 15 is 0 Å². The smallest absolute Gasteiger partial charge is 0.341 e. The highest BCUT2D eigenvalue weighted by Gasteiger charge is 2.19. The summed E-state index contributed by atoms with van der Waals surface area (Å²) in [6.45, 7) is 7.61. The normalized spacial score (nSPS) is 18.3. The number of piperidine rings is 1. The van der Waals surface area contributed by atoms with Crippen LogP contribution >= 0.6 is 24.8 Å². The molecule has 0 aliphatic carbocycles. The van der Waals surface area contributed by atoms with Gasteiger partial charge >= 0.3 is 5.97 Å². The van der Waals surface area contributed by atoms with E-state index in [1.54, 1.807) is 0 Å². The first-order chi connectivity index (χ1) is 12.2. The lowest BCUT2D eigenvalue weighted by atomic mass is 9.94. The number of ether oxygens (including phenoxy) is 1. The summed E-state index contributed by atoms with van der Waals surface area (Å²) >= 11 is 0. The van der Waals surface area contributed by atoms with Crippen LogP contribution in [0.3, 0.4) is 0 Å². The Labute approximate surface area is 174 Å². The number of nitrogens with one attached hydrogen (secondary N) is 1. The van der Waals surface area contributed by atoms with E-state index in [2.05, 4.69) is 15.1 Å². The molecule has 0 atom stereocenters. The van der Waals surface area contributed by atoms with E-state index in [1.807, 2.05) is 24.3 Å². The molecule has 2 aliphatic rings. The molecular weight excluding hydrogens is 389 g/mol. The number of anilines is 1. The van der Waals surface area contributed by atoms with E-state index in [0.717, 1.165) is 32.1 Å². The van der Waals surface area contributed by atoms with Gasteiger partial charge in [0.25, 0.3) is 0 Å². The number of carbonyl (C=O) groups is 1. The molecule has 2 N–H and O–H groups in total. The van der Waals surface area contributed by atoms with Crippen molar-refractivity contribution in [3.63, 3.8) is 0 Å². The van der Waals surface area contributed by atoms with Crippen molar-refractivity contribution < 1.29 is 14.6 Å². The van der Waals surface area contributed by atoms with Crippen molar-refractivity contribution in [3.8, 4) is 5.75 Å². The summed E-state index contributed by atoms with van der Waals surface area (Å²) in [6.07, 6.45) is 3.99. The second-order valence-electron chi connectivity index (χ2n) is 6.99. The van der Waals surface area contributed by atoms with Gasteiger partial charge in [0, 0.05) is 31.9 Å². The van der Waals surface area contributed by atoms with Crippen molar-refractivity contribution in [2.45, 2.75) is 19.3 Å². The van der Waals surface area contributed by atoms with Crippen molar-refractivity contribution in [1.82, 2.24) is 10.2 Å². The largest absolute Gasteiger partial charge is 0.482 e. The summed E-state index contributed by atoms with van der Waals surface area (Å²) in [5, 5.41) is 12.1. The van der Waals surface area contributed by atoms with Gasteiger partial charge in [0.15, 0.2) is 6.61 Å². The fourth-order valence-electron chi connectivity index (χ4n) is 3.66. The van der Waals surface area contributed by atoms with Gasteiger partial charge in [-0.3, -0.25) is 4.90 Å². The average molecular weight is 420 g/mol. The molecule has 2 fully saturated rings. The number of carboxylic acid groups (broad SMARTS) is 1. The second-order valence-corrected chi connectivity index (χ2v) is 6.99. The minimum absolute atomic E-state index is 0. The Kier molecular flexibility index (Phi) is 10.8. The maximum atomic E-state index is 10.5. The predicted octanol–water partition coefficient (Wildman–Crippen LogP) is 2.51. The molecule has 0 saturated carbocycles. The molecule has 2 saturated heterocycles. The van der Waals surface area contributed by atoms with E-state index < -0.39 is 5.97 Å². The summed E-state index contributed by atoms with van der Waals surface area (Å²) in [5.41, 5.74) is 1.18. The molecule has 0 unspecified atom stereocenters. The van der Waals surface area contributed by atoms with Gasteiger partial charge < -0.3 is 20.1 Å². The molecule has 2 aliphatic heterocycles. The summed E-state index contributed by atoms with van der Waals surface area (Å²) in [6, 6.07) is 7.73. The highest BCUT2D eigenvalue weighted by molar-refractivity contribution is 5.85. The average Bonchev–Trinajstić information content (AvgIpc) is 2.66. The van der Waals surface area contributed by atoms with Crippen molar-refractivity contribution in [2.75, 3.05) is 57.3 Å². The molecule has 8 heteroatoms. The first-order valence-corrected chi connectivity index (χ1v) is 9.33. The molecule has 0 radical (unpaired) electrons. The molecule has 2 heterocycles. The van der Waals surface area contributed by atoms with Crippen LogP contribution in [0.25, 0.3) is 0 Å². The van der Waals surface area contributed by atoms with E-state index in [4.69, 9.17) is 9.84 Å². The van der Waals surface area contributed by atoms with Crippen LogP contribution in [0.2, 0.25) is 0 Å². The summed E-state index contributed by atoms with van der Waals surface area (Å²) in [5.74, 6) is 0.550. The maximum Gasteiger partial charge on any atom is 0.341 e. The summed E-state index contributed by atoms with van der Waals surface area (Å²) < 4.78 is 5.19. The van der Waals surface area contributed by atoms with Crippen LogP contribution in [0, 0.1) is 5.92 Å². The molecule has 0 spiro atoms. The number of nitrogens with zero attached hydrogens (tertiary/aromatic N) is 2. The predicted molar refractivity (Wildman–Crippen MR) is 113 cm³/mol. The Bertz CT molecular complexity index is 546. The van der Waals surface area contributed by atoms with Gasteiger partial charge in [-0.05, 0) is 69.1 Å². The molecule has 1 aromatic rings. The monoisotopic (exact) mass is 419 g/mol. The fraction of sp³-hybridized carbons (Fsp3) is 0.632. The van der Waals surface area contributed by atoms with E-state index in [1.165, 1.54) is 44.6 Å². The van der Waals surface area contributed by atoms with Crippen LogP contribution in [0.15, 0.2) is 24.3 Å². The minimum Gasteiger partial charge on any atom is -0.482 e. The van der Waals surface area contributed by atoms with Crippen molar-refractivity contribution in [2.24, 2.45) is 5.92 Å². The maximum absolute atomic E-state index is 10.5. The number of carboxylic acids is 1. The molecule has 6 nitrogen and oxygen atoms in total. The topological polar surface area (TPSA) is 65.0 Å².